The molecule has 2 amide bonds. The minimum Gasteiger partial charge on any atom is -0.381 e. The number of nitrogens with two attached hydrogens (primary N) is 1. The first kappa shape index (κ1) is 17.2. The molecule has 0 unspecified atom stereocenters. The Labute approximate surface area is 136 Å². The van der Waals surface area contributed by atoms with E-state index in [0.29, 0.717) is 50.5 Å². The van der Waals surface area contributed by atoms with Crippen molar-refractivity contribution in [1.82, 2.24) is 10.3 Å². The first-order valence-electron chi connectivity index (χ1n) is 7.93. The van der Waals surface area contributed by atoms with E-state index in [4.69, 9.17) is 10.5 Å². The average molecular weight is 320 g/mol. The molecule has 1 aliphatic heterocycles. The fraction of sp³-hybridized carbons (Fsp3) is 0.562. The highest BCUT2D eigenvalue weighted by molar-refractivity contribution is 5.94. The number of carbonyl (C=O) groups excluding carboxylic acids is 2. The van der Waals surface area contributed by atoms with E-state index >= 15 is 0 Å². The summed E-state index contributed by atoms with van der Waals surface area (Å²) in [5, 5.41) is 5.94. The standard InChI is InChI=1S/C16H24N4O3/c1-2-7-18-14(21)12-3-4-13(19-10-12)20-11-16(15(17)22)5-8-23-9-6-16/h3-4,10H,2,5-9,11H2,1H3,(H2,17,22)(H,18,21)(H,19,20). The molecule has 1 aromatic rings. The molecule has 1 saturated heterocycles. The number of carbonyl (C=O) groups is 2. The lowest BCUT2D eigenvalue weighted by atomic mass is 9.79. The third-order valence-electron chi connectivity index (χ3n) is 4.14. The molecule has 23 heavy (non-hydrogen) atoms. The average Bonchev–Trinajstić information content (AvgIpc) is 2.59. The summed E-state index contributed by atoms with van der Waals surface area (Å²) in [4.78, 5) is 27.8. The predicted octanol–water partition coefficient (Wildman–Crippen LogP) is 0.915. The number of primary amides is 1. The van der Waals surface area contributed by atoms with Gasteiger partial charge in [-0.2, -0.15) is 0 Å². The second kappa shape index (κ2) is 7.92. The van der Waals surface area contributed by atoms with Crippen molar-refractivity contribution in [2.75, 3.05) is 31.6 Å². The number of rotatable bonds is 7. The number of pyridine rings is 1. The molecule has 7 heteroatoms. The predicted molar refractivity (Wildman–Crippen MR) is 87.0 cm³/mol. The van der Waals surface area contributed by atoms with Gasteiger partial charge in [0.25, 0.3) is 5.91 Å². The van der Waals surface area contributed by atoms with Crippen molar-refractivity contribution in [2.24, 2.45) is 11.1 Å². The van der Waals surface area contributed by atoms with Crippen LogP contribution in [-0.2, 0) is 9.53 Å². The van der Waals surface area contributed by atoms with Crippen LogP contribution in [0.3, 0.4) is 0 Å². The van der Waals surface area contributed by atoms with Crippen LogP contribution in [0.1, 0.15) is 36.5 Å². The van der Waals surface area contributed by atoms with E-state index in [1.807, 2.05) is 6.92 Å². The van der Waals surface area contributed by atoms with Gasteiger partial charge in [-0.15, -0.1) is 0 Å². The van der Waals surface area contributed by atoms with Crippen LogP contribution in [0.5, 0.6) is 0 Å². The first-order valence-corrected chi connectivity index (χ1v) is 7.93. The van der Waals surface area contributed by atoms with Crippen molar-refractivity contribution in [3.8, 4) is 0 Å². The monoisotopic (exact) mass is 320 g/mol. The Bertz CT molecular complexity index is 539. The Kier molecular flexibility index (Phi) is 5.92. The van der Waals surface area contributed by atoms with Gasteiger partial charge in [-0.3, -0.25) is 9.59 Å². The lowest BCUT2D eigenvalue weighted by molar-refractivity contribution is -0.132. The molecule has 0 aromatic carbocycles. The normalized spacial score (nSPS) is 16.6. The van der Waals surface area contributed by atoms with Gasteiger partial charge >= 0.3 is 0 Å². The summed E-state index contributed by atoms with van der Waals surface area (Å²) in [5.41, 5.74) is 5.48. The van der Waals surface area contributed by atoms with Crippen molar-refractivity contribution in [3.05, 3.63) is 23.9 Å². The van der Waals surface area contributed by atoms with Crippen LogP contribution >= 0.6 is 0 Å². The molecule has 0 spiro atoms. The maximum atomic E-state index is 11.8. The molecule has 1 aromatic heterocycles. The Hall–Kier alpha value is -2.15. The third kappa shape index (κ3) is 4.41. The summed E-state index contributed by atoms with van der Waals surface area (Å²) in [6.45, 7) is 4.13. The van der Waals surface area contributed by atoms with E-state index in [1.165, 1.54) is 6.20 Å². The van der Waals surface area contributed by atoms with Crippen LogP contribution in [-0.4, -0.2) is 43.1 Å². The highest BCUT2D eigenvalue weighted by Gasteiger charge is 2.38. The van der Waals surface area contributed by atoms with E-state index < -0.39 is 5.41 Å². The first-order chi connectivity index (χ1) is 11.1. The largest absolute Gasteiger partial charge is 0.381 e. The summed E-state index contributed by atoms with van der Waals surface area (Å²) in [7, 11) is 0. The molecular formula is C16H24N4O3. The Balaban J connectivity index is 1.95. The minimum absolute atomic E-state index is 0.135. The molecule has 2 rings (SSSR count). The van der Waals surface area contributed by atoms with E-state index in [-0.39, 0.29) is 11.8 Å². The summed E-state index contributed by atoms with van der Waals surface area (Å²) < 4.78 is 5.31. The Morgan fingerprint density at radius 3 is 2.65 bits per heavy atom. The lowest BCUT2D eigenvalue weighted by Crippen LogP contribution is -2.46. The van der Waals surface area contributed by atoms with Gasteiger partial charge in [-0.1, -0.05) is 6.92 Å². The molecule has 4 N–H and O–H groups in total. The Morgan fingerprint density at radius 2 is 2.09 bits per heavy atom. The molecule has 0 radical (unpaired) electrons. The van der Waals surface area contributed by atoms with Crippen molar-refractivity contribution in [2.45, 2.75) is 26.2 Å². The summed E-state index contributed by atoms with van der Waals surface area (Å²) >= 11 is 0. The van der Waals surface area contributed by atoms with E-state index in [9.17, 15) is 9.59 Å². The summed E-state index contributed by atoms with van der Waals surface area (Å²) in [6, 6.07) is 3.44. The number of hydrogen-bond acceptors (Lipinski definition) is 5. The zero-order valence-corrected chi connectivity index (χ0v) is 13.4. The van der Waals surface area contributed by atoms with Crippen molar-refractivity contribution in [3.63, 3.8) is 0 Å². The maximum absolute atomic E-state index is 11.8. The van der Waals surface area contributed by atoms with Crippen molar-refractivity contribution in [1.29, 1.82) is 0 Å². The number of nitrogens with one attached hydrogen (secondary N) is 2. The number of anilines is 1. The molecule has 126 valence electrons. The van der Waals surface area contributed by atoms with Gasteiger partial charge in [0.2, 0.25) is 5.91 Å². The molecule has 1 fully saturated rings. The van der Waals surface area contributed by atoms with E-state index in [1.54, 1.807) is 12.1 Å². The van der Waals surface area contributed by atoms with Gasteiger partial charge in [0, 0.05) is 32.5 Å². The van der Waals surface area contributed by atoms with Gasteiger partial charge in [0.1, 0.15) is 5.82 Å². The minimum atomic E-state index is -0.600. The van der Waals surface area contributed by atoms with Crippen LogP contribution in [0.4, 0.5) is 5.82 Å². The second-order valence-corrected chi connectivity index (χ2v) is 5.80. The summed E-state index contributed by atoms with van der Waals surface area (Å²) in [6.07, 6.45) is 3.62. The van der Waals surface area contributed by atoms with Crippen LogP contribution < -0.4 is 16.4 Å². The number of amides is 2. The molecule has 0 atom stereocenters. The van der Waals surface area contributed by atoms with Crippen LogP contribution in [0.15, 0.2) is 18.3 Å². The fourth-order valence-electron chi connectivity index (χ4n) is 2.51. The smallest absolute Gasteiger partial charge is 0.252 e. The topological polar surface area (TPSA) is 106 Å². The molecule has 7 nitrogen and oxygen atoms in total. The fourth-order valence-corrected chi connectivity index (χ4v) is 2.51. The highest BCUT2D eigenvalue weighted by atomic mass is 16.5. The van der Waals surface area contributed by atoms with E-state index in [2.05, 4.69) is 15.6 Å². The number of aromatic nitrogens is 1. The van der Waals surface area contributed by atoms with Crippen LogP contribution in [0.2, 0.25) is 0 Å². The van der Waals surface area contributed by atoms with Crippen molar-refractivity contribution < 1.29 is 14.3 Å². The van der Waals surface area contributed by atoms with Crippen LogP contribution in [0.25, 0.3) is 0 Å². The van der Waals surface area contributed by atoms with Gasteiger partial charge in [-0.05, 0) is 31.4 Å². The van der Waals surface area contributed by atoms with E-state index in [0.717, 1.165) is 6.42 Å². The SMILES string of the molecule is CCCNC(=O)c1ccc(NCC2(C(N)=O)CCOCC2)nc1. The zero-order chi connectivity index (χ0) is 16.7. The summed E-state index contributed by atoms with van der Waals surface area (Å²) in [5.74, 6) is 0.164. The van der Waals surface area contributed by atoms with Gasteiger partial charge in [0.05, 0.1) is 11.0 Å². The number of nitrogens with zero attached hydrogens (tertiary/aromatic N) is 1. The molecule has 2 heterocycles. The van der Waals surface area contributed by atoms with Gasteiger partial charge in [-0.25, -0.2) is 4.98 Å². The molecule has 1 aliphatic rings. The molecule has 0 bridgehead atoms. The third-order valence-corrected chi connectivity index (χ3v) is 4.14. The molecule has 0 aliphatic carbocycles. The maximum Gasteiger partial charge on any atom is 0.252 e. The quantitative estimate of drug-likeness (QED) is 0.692. The Morgan fingerprint density at radius 1 is 1.35 bits per heavy atom. The van der Waals surface area contributed by atoms with Gasteiger partial charge < -0.3 is 21.1 Å². The number of hydrogen-bond donors (Lipinski definition) is 3. The van der Waals surface area contributed by atoms with Gasteiger partial charge in [0.15, 0.2) is 0 Å². The van der Waals surface area contributed by atoms with Crippen LogP contribution in [0, 0.1) is 5.41 Å². The van der Waals surface area contributed by atoms with Crippen molar-refractivity contribution >= 4 is 17.6 Å². The lowest BCUT2D eigenvalue weighted by Gasteiger charge is -2.34. The second-order valence-electron chi connectivity index (χ2n) is 5.80. The highest BCUT2D eigenvalue weighted by Crippen LogP contribution is 2.30. The molecular weight excluding hydrogens is 296 g/mol. The number of ether oxygens (including phenoxy) is 1. The zero-order valence-electron chi connectivity index (χ0n) is 13.4. The molecule has 0 saturated carbocycles.